The van der Waals surface area contributed by atoms with Gasteiger partial charge in [0.1, 0.15) is 12.1 Å². The number of aryl methyl sites for hydroxylation is 1. The summed E-state index contributed by atoms with van der Waals surface area (Å²) in [6.07, 6.45) is 3.24. The highest BCUT2D eigenvalue weighted by Crippen LogP contribution is 2.21. The van der Waals surface area contributed by atoms with E-state index in [0.717, 1.165) is 17.8 Å². The van der Waals surface area contributed by atoms with Crippen LogP contribution in [0.15, 0.2) is 36.8 Å². The van der Waals surface area contributed by atoms with Crippen LogP contribution in [0.5, 0.6) is 0 Å². The van der Waals surface area contributed by atoms with E-state index >= 15 is 0 Å². The third-order valence-electron chi connectivity index (χ3n) is 2.82. The Morgan fingerprint density at radius 3 is 2.78 bits per heavy atom. The molecule has 18 heavy (non-hydrogen) atoms. The molecular formula is C14H16FN3. The van der Waals surface area contributed by atoms with Gasteiger partial charge in [-0.15, -0.1) is 0 Å². The van der Waals surface area contributed by atoms with Gasteiger partial charge in [0.05, 0.1) is 11.7 Å². The van der Waals surface area contributed by atoms with Gasteiger partial charge in [0.25, 0.3) is 0 Å². The number of benzene rings is 1. The molecule has 2 rings (SSSR count). The fraction of sp³-hybridized carbons (Fsp3) is 0.286. The van der Waals surface area contributed by atoms with E-state index < -0.39 is 0 Å². The molecule has 1 heterocycles. The van der Waals surface area contributed by atoms with Crippen LogP contribution in [0.25, 0.3) is 0 Å². The van der Waals surface area contributed by atoms with Crippen molar-refractivity contribution < 1.29 is 4.39 Å². The zero-order valence-electron chi connectivity index (χ0n) is 10.5. The SMILES string of the molecule is CCNC(c1ccc(F)c(C)c1)c1ccncn1. The highest BCUT2D eigenvalue weighted by atomic mass is 19.1. The van der Waals surface area contributed by atoms with Crippen molar-refractivity contribution in [3.63, 3.8) is 0 Å². The zero-order valence-corrected chi connectivity index (χ0v) is 10.5. The van der Waals surface area contributed by atoms with Gasteiger partial charge in [-0.3, -0.25) is 0 Å². The first-order valence-electron chi connectivity index (χ1n) is 5.97. The van der Waals surface area contributed by atoms with E-state index in [0.29, 0.717) is 5.56 Å². The van der Waals surface area contributed by atoms with Gasteiger partial charge in [0.2, 0.25) is 0 Å². The van der Waals surface area contributed by atoms with E-state index in [-0.39, 0.29) is 11.9 Å². The number of rotatable bonds is 4. The number of hydrogen-bond donors (Lipinski definition) is 1. The molecule has 0 bridgehead atoms. The van der Waals surface area contributed by atoms with Gasteiger partial charge in [0.15, 0.2) is 0 Å². The molecule has 0 aliphatic heterocycles. The van der Waals surface area contributed by atoms with Gasteiger partial charge >= 0.3 is 0 Å². The van der Waals surface area contributed by atoms with Crippen LogP contribution < -0.4 is 5.32 Å². The molecule has 94 valence electrons. The highest BCUT2D eigenvalue weighted by Gasteiger charge is 2.14. The Morgan fingerprint density at radius 1 is 1.33 bits per heavy atom. The molecule has 1 atom stereocenters. The molecule has 1 N–H and O–H groups in total. The zero-order chi connectivity index (χ0) is 13.0. The van der Waals surface area contributed by atoms with Crippen LogP contribution in [0.1, 0.15) is 29.8 Å². The lowest BCUT2D eigenvalue weighted by Crippen LogP contribution is -2.23. The van der Waals surface area contributed by atoms with Crippen molar-refractivity contribution in [1.82, 2.24) is 15.3 Å². The Bertz CT molecular complexity index is 514. The van der Waals surface area contributed by atoms with E-state index in [2.05, 4.69) is 15.3 Å². The van der Waals surface area contributed by atoms with Gasteiger partial charge in [-0.2, -0.15) is 0 Å². The predicted octanol–water partition coefficient (Wildman–Crippen LogP) is 2.62. The Morgan fingerprint density at radius 2 is 2.17 bits per heavy atom. The van der Waals surface area contributed by atoms with Crippen LogP contribution >= 0.6 is 0 Å². The van der Waals surface area contributed by atoms with Crippen molar-refractivity contribution in [1.29, 1.82) is 0 Å². The first kappa shape index (κ1) is 12.6. The van der Waals surface area contributed by atoms with Crippen LogP contribution in [0.4, 0.5) is 4.39 Å². The van der Waals surface area contributed by atoms with E-state index in [4.69, 9.17) is 0 Å². The van der Waals surface area contributed by atoms with Crippen LogP contribution in [-0.4, -0.2) is 16.5 Å². The molecule has 0 aliphatic carbocycles. The van der Waals surface area contributed by atoms with Crippen LogP contribution in [0.2, 0.25) is 0 Å². The van der Waals surface area contributed by atoms with E-state index in [1.54, 1.807) is 19.2 Å². The predicted molar refractivity (Wildman–Crippen MR) is 68.7 cm³/mol. The van der Waals surface area contributed by atoms with Crippen molar-refractivity contribution in [2.45, 2.75) is 19.9 Å². The Labute approximate surface area is 106 Å². The lowest BCUT2D eigenvalue weighted by Gasteiger charge is -2.18. The normalized spacial score (nSPS) is 12.4. The fourth-order valence-electron chi connectivity index (χ4n) is 1.92. The second kappa shape index (κ2) is 5.69. The van der Waals surface area contributed by atoms with Gasteiger partial charge in [-0.1, -0.05) is 19.1 Å². The molecular weight excluding hydrogens is 229 g/mol. The van der Waals surface area contributed by atoms with Crippen LogP contribution in [0.3, 0.4) is 0 Å². The van der Waals surface area contributed by atoms with E-state index in [1.807, 2.05) is 19.1 Å². The number of halogens is 1. The number of nitrogens with zero attached hydrogens (tertiary/aromatic N) is 2. The molecule has 0 radical (unpaired) electrons. The first-order chi connectivity index (χ1) is 8.72. The first-order valence-corrected chi connectivity index (χ1v) is 5.97. The average Bonchev–Trinajstić information content (AvgIpc) is 2.40. The van der Waals surface area contributed by atoms with Crippen molar-refractivity contribution in [2.75, 3.05) is 6.54 Å². The summed E-state index contributed by atoms with van der Waals surface area (Å²) in [5.74, 6) is -0.184. The summed E-state index contributed by atoms with van der Waals surface area (Å²) in [5.41, 5.74) is 2.54. The Balaban J connectivity index is 2.38. The maximum absolute atomic E-state index is 13.3. The minimum atomic E-state index is -0.184. The second-order valence-corrected chi connectivity index (χ2v) is 4.13. The number of aromatic nitrogens is 2. The largest absolute Gasteiger partial charge is 0.305 e. The summed E-state index contributed by atoms with van der Waals surface area (Å²) >= 11 is 0. The van der Waals surface area contributed by atoms with Gasteiger partial charge in [0, 0.05) is 6.20 Å². The number of hydrogen-bond acceptors (Lipinski definition) is 3. The van der Waals surface area contributed by atoms with E-state index in [9.17, 15) is 4.39 Å². The standard InChI is InChI=1S/C14H16FN3/c1-3-17-14(13-6-7-16-9-18-13)11-4-5-12(15)10(2)8-11/h4-9,14,17H,3H2,1-2H3. The Hall–Kier alpha value is -1.81. The summed E-state index contributed by atoms with van der Waals surface area (Å²) < 4.78 is 13.3. The topological polar surface area (TPSA) is 37.8 Å². The molecule has 0 fully saturated rings. The minimum Gasteiger partial charge on any atom is -0.305 e. The molecule has 1 unspecified atom stereocenters. The highest BCUT2D eigenvalue weighted by molar-refractivity contribution is 5.31. The molecule has 0 saturated heterocycles. The van der Waals surface area contributed by atoms with E-state index in [1.165, 1.54) is 12.4 Å². The van der Waals surface area contributed by atoms with Crippen molar-refractivity contribution in [2.24, 2.45) is 0 Å². The second-order valence-electron chi connectivity index (χ2n) is 4.13. The van der Waals surface area contributed by atoms with Crippen molar-refractivity contribution in [3.8, 4) is 0 Å². The summed E-state index contributed by atoms with van der Waals surface area (Å²) in [6, 6.07) is 6.97. The molecule has 0 spiro atoms. The number of nitrogens with one attached hydrogen (secondary N) is 1. The molecule has 0 saturated carbocycles. The monoisotopic (exact) mass is 245 g/mol. The molecule has 4 heteroatoms. The minimum absolute atomic E-state index is 0.0303. The van der Waals surface area contributed by atoms with Crippen molar-refractivity contribution >= 4 is 0 Å². The third-order valence-corrected chi connectivity index (χ3v) is 2.82. The summed E-state index contributed by atoms with van der Waals surface area (Å²) in [5, 5.41) is 3.35. The quantitative estimate of drug-likeness (QED) is 0.899. The average molecular weight is 245 g/mol. The maximum atomic E-state index is 13.3. The lowest BCUT2D eigenvalue weighted by molar-refractivity contribution is 0.599. The summed E-state index contributed by atoms with van der Waals surface area (Å²) in [6.45, 7) is 4.61. The fourth-order valence-corrected chi connectivity index (χ4v) is 1.92. The smallest absolute Gasteiger partial charge is 0.126 e. The van der Waals surface area contributed by atoms with Crippen LogP contribution in [0, 0.1) is 12.7 Å². The summed E-state index contributed by atoms with van der Waals surface area (Å²) in [7, 11) is 0. The molecule has 2 aromatic rings. The molecule has 3 nitrogen and oxygen atoms in total. The lowest BCUT2D eigenvalue weighted by atomic mass is 10.0. The maximum Gasteiger partial charge on any atom is 0.126 e. The van der Waals surface area contributed by atoms with Gasteiger partial charge < -0.3 is 5.32 Å². The molecule has 0 aliphatic rings. The molecule has 0 amide bonds. The summed E-state index contributed by atoms with van der Waals surface area (Å²) in [4.78, 5) is 8.17. The molecule has 1 aromatic carbocycles. The molecule has 1 aromatic heterocycles. The van der Waals surface area contributed by atoms with Crippen LogP contribution in [-0.2, 0) is 0 Å². The third kappa shape index (κ3) is 2.71. The van der Waals surface area contributed by atoms with Crippen molar-refractivity contribution in [3.05, 3.63) is 59.4 Å². The Kier molecular flexibility index (Phi) is 3.99. The van der Waals surface area contributed by atoms with Gasteiger partial charge in [-0.25, -0.2) is 14.4 Å². The van der Waals surface area contributed by atoms with Gasteiger partial charge in [-0.05, 0) is 36.7 Å².